The summed E-state index contributed by atoms with van der Waals surface area (Å²) >= 11 is 0. The highest BCUT2D eigenvalue weighted by atomic mass is 32.2. The summed E-state index contributed by atoms with van der Waals surface area (Å²) in [7, 11) is -3.62. The summed E-state index contributed by atoms with van der Waals surface area (Å²) in [5.74, 6) is -1.37. The molecule has 0 bridgehead atoms. The zero-order valence-electron chi connectivity index (χ0n) is 14.7. The molecule has 0 aliphatic heterocycles. The smallest absolute Gasteiger partial charge is 0.244 e. The zero-order chi connectivity index (χ0) is 19.2. The summed E-state index contributed by atoms with van der Waals surface area (Å²) < 4.78 is 26.3. The molecule has 0 N–H and O–H groups in total. The predicted molar refractivity (Wildman–Crippen MR) is 95.6 cm³/mol. The lowest BCUT2D eigenvalue weighted by Crippen LogP contribution is -2.30. The molecule has 0 aliphatic carbocycles. The number of rotatable bonds is 8. The van der Waals surface area contributed by atoms with Crippen molar-refractivity contribution in [3.8, 4) is 6.07 Å². The summed E-state index contributed by atoms with van der Waals surface area (Å²) in [4.78, 5) is 20.5. The Kier molecular flexibility index (Phi) is 6.55. The van der Waals surface area contributed by atoms with Crippen molar-refractivity contribution >= 4 is 15.8 Å². The molecule has 1 unspecified atom stereocenters. The van der Waals surface area contributed by atoms with E-state index in [1.165, 1.54) is 22.6 Å². The van der Waals surface area contributed by atoms with Crippen LogP contribution in [0.4, 0.5) is 0 Å². The number of aromatic nitrogens is 2. The van der Waals surface area contributed by atoms with Gasteiger partial charge in [0, 0.05) is 38.1 Å². The SMILES string of the molecule is CCN(CC)S(=O)(=O)c1ccc(C(C#N)C(=O)Cc2cccnc2)nc1. The van der Waals surface area contributed by atoms with Gasteiger partial charge < -0.3 is 0 Å². The van der Waals surface area contributed by atoms with Gasteiger partial charge in [0.05, 0.1) is 11.8 Å². The van der Waals surface area contributed by atoms with Gasteiger partial charge in [0.2, 0.25) is 10.0 Å². The number of hydrogen-bond donors (Lipinski definition) is 0. The van der Waals surface area contributed by atoms with Gasteiger partial charge in [-0.25, -0.2) is 8.42 Å². The molecule has 0 saturated carbocycles. The van der Waals surface area contributed by atoms with E-state index >= 15 is 0 Å². The molecule has 0 spiro atoms. The fourth-order valence-electron chi connectivity index (χ4n) is 2.54. The molecular weight excluding hydrogens is 352 g/mol. The van der Waals surface area contributed by atoms with Crippen LogP contribution in [0, 0.1) is 11.3 Å². The Balaban J connectivity index is 2.23. The van der Waals surface area contributed by atoms with Crippen molar-refractivity contribution in [2.75, 3.05) is 13.1 Å². The number of nitrogens with zero attached hydrogens (tertiary/aromatic N) is 4. The van der Waals surface area contributed by atoms with Gasteiger partial charge in [-0.1, -0.05) is 19.9 Å². The number of pyridine rings is 2. The van der Waals surface area contributed by atoms with Gasteiger partial charge in [0.25, 0.3) is 0 Å². The molecule has 2 aromatic heterocycles. The monoisotopic (exact) mass is 372 g/mol. The minimum absolute atomic E-state index is 0.0429. The molecule has 2 heterocycles. The molecular formula is C18H20N4O3S. The number of Topliss-reactive ketones (excluding diaryl/α,β-unsaturated/α-hetero) is 1. The van der Waals surface area contributed by atoms with Crippen LogP contribution < -0.4 is 0 Å². The summed E-state index contributed by atoms with van der Waals surface area (Å²) in [6.45, 7) is 4.22. The summed E-state index contributed by atoms with van der Waals surface area (Å²) in [6.07, 6.45) is 4.43. The molecule has 136 valence electrons. The van der Waals surface area contributed by atoms with Gasteiger partial charge in [0.1, 0.15) is 10.8 Å². The molecule has 2 aromatic rings. The predicted octanol–water partition coefficient (Wildman–Crippen LogP) is 1.93. The van der Waals surface area contributed by atoms with Crippen molar-refractivity contribution in [3.05, 3.63) is 54.1 Å². The van der Waals surface area contributed by atoms with Gasteiger partial charge in [-0.05, 0) is 23.8 Å². The van der Waals surface area contributed by atoms with Crippen LogP contribution in [-0.4, -0.2) is 41.6 Å². The molecule has 0 saturated heterocycles. The van der Waals surface area contributed by atoms with E-state index < -0.39 is 15.9 Å². The highest BCUT2D eigenvalue weighted by molar-refractivity contribution is 7.89. The van der Waals surface area contributed by atoms with Crippen LogP contribution in [0.15, 0.2) is 47.8 Å². The van der Waals surface area contributed by atoms with Gasteiger partial charge in [-0.3, -0.25) is 14.8 Å². The molecule has 26 heavy (non-hydrogen) atoms. The van der Waals surface area contributed by atoms with Crippen molar-refractivity contribution in [2.24, 2.45) is 0 Å². The lowest BCUT2D eigenvalue weighted by molar-refractivity contribution is -0.118. The second-order valence-corrected chi connectivity index (χ2v) is 7.51. The maximum absolute atomic E-state index is 12.5. The molecule has 0 fully saturated rings. The lowest BCUT2D eigenvalue weighted by atomic mass is 9.96. The van der Waals surface area contributed by atoms with Crippen molar-refractivity contribution in [3.63, 3.8) is 0 Å². The third-order valence-corrected chi connectivity index (χ3v) is 5.98. The maximum Gasteiger partial charge on any atom is 0.244 e. The first-order chi connectivity index (χ1) is 12.4. The Morgan fingerprint density at radius 2 is 1.96 bits per heavy atom. The van der Waals surface area contributed by atoms with E-state index in [0.29, 0.717) is 18.7 Å². The van der Waals surface area contributed by atoms with Crippen molar-refractivity contribution in [1.82, 2.24) is 14.3 Å². The normalized spacial score (nSPS) is 12.5. The van der Waals surface area contributed by atoms with Crippen LogP contribution in [0.1, 0.15) is 31.0 Å². The Morgan fingerprint density at radius 1 is 1.23 bits per heavy atom. The number of hydrogen-bond acceptors (Lipinski definition) is 6. The van der Waals surface area contributed by atoms with E-state index in [1.54, 1.807) is 38.4 Å². The lowest BCUT2D eigenvalue weighted by Gasteiger charge is -2.18. The zero-order valence-corrected chi connectivity index (χ0v) is 15.5. The van der Waals surface area contributed by atoms with Crippen LogP contribution in [0.25, 0.3) is 0 Å². The summed E-state index contributed by atoms with van der Waals surface area (Å²) in [5.41, 5.74) is 0.943. The Hall–Kier alpha value is -2.63. The first-order valence-corrected chi connectivity index (χ1v) is 9.65. The largest absolute Gasteiger partial charge is 0.297 e. The van der Waals surface area contributed by atoms with Crippen LogP contribution in [-0.2, 0) is 21.2 Å². The topological polar surface area (TPSA) is 104 Å². The second-order valence-electron chi connectivity index (χ2n) is 5.57. The molecule has 8 heteroatoms. The average molecular weight is 372 g/mol. The number of ketones is 1. The Morgan fingerprint density at radius 3 is 2.46 bits per heavy atom. The van der Waals surface area contributed by atoms with Gasteiger partial charge in [-0.15, -0.1) is 0 Å². The van der Waals surface area contributed by atoms with E-state index in [9.17, 15) is 18.5 Å². The molecule has 0 aromatic carbocycles. The average Bonchev–Trinajstić information content (AvgIpc) is 2.64. The van der Waals surface area contributed by atoms with Gasteiger partial charge in [0.15, 0.2) is 5.78 Å². The summed E-state index contributed by atoms with van der Waals surface area (Å²) in [5, 5.41) is 9.37. The van der Waals surface area contributed by atoms with Crippen molar-refractivity contribution < 1.29 is 13.2 Å². The number of carbonyl (C=O) groups is 1. The van der Waals surface area contributed by atoms with Gasteiger partial charge in [-0.2, -0.15) is 9.57 Å². The Bertz CT molecular complexity index is 886. The van der Waals surface area contributed by atoms with Crippen molar-refractivity contribution in [1.29, 1.82) is 5.26 Å². The first-order valence-electron chi connectivity index (χ1n) is 8.21. The molecule has 0 radical (unpaired) electrons. The molecule has 2 rings (SSSR count). The van der Waals surface area contributed by atoms with Gasteiger partial charge >= 0.3 is 0 Å². The van der Waals surface area contributed by atoms with Crippen molar-refractivity contribution in [2.45, 2.75) is 31.1 Å². The second kappa shape index (κ2) is 8.65. The highest BCUT2D eigenvalue weighted by Crippen LogP contribution is 2.20. The summed E-state index contributed by atoms with van der Waals surface area (Å²) in [6, 6.07) is 8.23. The van der Waals surface area contributed by atoms with E-state index in [4.69, 9.17) is 0 Å². The fourth-order valence-corrected chi connectivity index (χ4v) is 3.94. The van der Waals surface area contributed by atoms with E-state index in [2.05, 4.69) is 9.97 Å². The quantitative estimate of drug-likeness (QED) is 0.701. The van der Waals surface area contributed by atoms with Crippen LogP contribution in [0.5, 0.6) is 0 Å². The minimum Gasteiger partial charge on any atom is -0.297 e. The molecule has 0 amide bonds. The number of nitriles is 1. The first kappa shape index (κ1) is 19.7. The molecule has 7 nitrogen and oxygen atoms in total. The third-order valence-electron chi connectivity index (χ3n) is 3.95. The van der Waals surface area contributed by atoms with Crippen LogP contribution >= 0.6 is 0 Å². The fraction of sp³-hybridized carbons (Fsp3) is 0.333. The van der Waals surface area contributed by atoms with E-state index in [0.717, 1.165) is 0 Å². The number of sulfonamides is 1. The maximum atomic E-state index is 12.5. The van der Waals surface area contributed by atoms with Crippen LogP contribution in [0.2, 0.25) is 0 Å². The van der Waals surface area contributed by atoms with Crippen LogP contribution in [0.3, 0.4) is 0 Å². The molecule has 0 aliphatic rings. The number of carbonyl (C=O) groups excluding carboxylic acids is 1. The van der Waals surface area contributed by atoms with E-state index in [1.807, 2.05) is 6.07 Å². The standard InChI is InChI=1S/C18H20N4O3S/c1-3-22(4-2)26(24,25)15-7-8-17(21-13-15)16(11-19)18(23)10-14-6-5-9-20-12-14/h5-9,12-13,16H,3-4,10H2,1-2H3. The minimum atomic E-state index is -3.62. The third kappa shape index (κ3) is 4.31. The highest BCUT2D eigenvalue weighted by Gasteiger charge is 2.25. The Labute approximate surface area is 153 Å². The van der Waals surface area contributed by atoms with E-state index in [-0.39, 0.29) is 22.8 Å². The molecule has 1 atom stereocenters.